The molecule has 0 aliphatic carbocycles. The number of carbonyl (C=O) groups is 1. The Morgan fingerprint density at radius 1 is 1.47 bits per heavy atom. The average Bonchev–Trinajstić information content (AvgIpc) is 2.76. The molecule has 0 spiro atoms. The molecular formula is C13H21NO2S. The summed E-state index contributed by atoms with van der Waals surface area (Å²) in [6.07, 6.45) is 0.735. The van der Waals surface area contributed by atoms with Crippen LogP contribution in [-0.4, -0.2) is 31.5 Å². The number of hydrogen-bond acceptors (Lipinski definition) is 4. The van der Waals surface area contributed by atoms with Gasteiger partial charge in [-0.3, -0.25) is 4.79 Å². The van der Waals surface area contributed by atoms with Crippen LogP contribution < -0.4 is 0 Å². The second-order valence-corrected chi connectivity index (χ2v) is 5.67. The Hall–Kier alpha value is -0.870. The molecule has 96 valence electrons. The maximum Gasteiger partial charge on any atom is 0.309 e. The topological polar surface area (TPSA) is 29.5 Å². The average molecular weight is 255 g/mol. The van der Waals surface area contributed by atoms with Crippen molar-refractivity contribution < 1.29 is 9.53 Å². The van der Waals surface area contributed by atoms with Gasteiger partial charge in [0.2, 0.25) is 0 Å². The monoisotopic (exact) mass is 255 g/mol. The van der Waals surface area contributed by atoms with Crippen molar-refractivity contribution in [2.24, 2.45) is 5.92 Å². The fourth-order valence-electron chi connectivity index (χ4n) is 1.39. The molecule has 3 nitrogen and oxygen atoms in total. The zero-order valence-electron chi connectivity index (χ0n) is 11.0. The zero-order valence-corrected chi connectivity index (χ0v) is 11.8. The molecular weight excluding hydrogens is 234 g/mol. The first-order chi connectivity index (χ1) is 8.00. The van der Waals surface area contributed by atoms with E-state index < -0.39 is 0 Å². The highest BCUT2D eigenvalue weighted by Crippen LogP contribution is 2.26. The van der Waals surface area contributed by atoms with E-state index in [1.54, 1.807) is 11.3 Å². The minimum atomic E-state index is -0.123. The minimum Gasteiger partial charge on any atom is -0.456 e. The number of rotatable bonds is 6. The molecule has 1 heterocycles. The lowest BCUT2D eigenvalue weighted by molar-refractivity contribution is -0.153. The van der Waals surface area contributed by atoms with Gasteiger partial charge < -0.3 is 9.64 Å². The van der Waals surface area contributed by atoms with Gasteiger partial charge in [0.25, 0.3) is 0 Å². The molecule has 0 bridgehead atoms. The lowest BCUT2D eigenvalue weighted by atomic mass is 10.2. The predicted octanol–water partition coefficient (Wildman–Crippen LogP) is 2.94. The van der Waals surface area contributed by atoms with Gasteiger partial charge in [-0.25, -0.2) is 0 Å². The molecule has 4 heteroatoms. The third-order valence-corrected chi connectivity index (χ3v) is 3.39. The number of thiophene rings is 1. The first kappa shape index (κ1) is 14.2. The molecule has 0 aliphatic heterocycles. The molecule has 0 amide bonds. The summed E-state index contributed by atoms with van der Waals surface area (Å²) in [5, 5.41) is 2.02. The molecule has 1 aromatic heterocycles. The SMILES string of the molecule is CC(C)C(=O)OC(CCN(C)C)c1cccs1. The third kappa shape index (κ3) is 4.88. The molecule has 0 radical (unpaired) electrons. The van der Waals surface area contributed by atoms with Crippen LogP contribution in [0, 0.1) is 5.92 Å². The fourth-order valence-corrected chi connectivity index (χ4v) is 2.17. The summed E-state index contributed by atoms with van der Waals surface area (Å²) < 4.78 is 5.55. The maximum absolute atomic E-state index is 11.7. The first-order valence-corrected chi connectivity index (χ1v) is 6.77. The van der Waals surface area contributed by atoms with Gasteiger partial charge in [-0.15, -0.1) is 11.3 Å². The van der Waals surface area contributed by atoms with Crippen molar-refractivity contribution in [2.45, 2.75) is 26.4 Å². The summed E-state index contributed by atoms with van der Waals surface area (Å²) in [6, 6.07) is 4.02. The van der Waals surface area contributed by atoms with Crippen molar-refractivity contribution in [3.63, 3.8) is 0 Å². The highest BCUT2D eigenvalue weighted by molar-refractivity contribution is 7.10. The van der Waals surface area contributed by atoms with Crippen LogP contribution in [0.2, 0.25) is 0 Å². The van der Waals surface area contributed by atoms with E-state index in [1.807, 2.05) is 45.5 Å². The van der Waals surface area contributed by atoms with Crippen LogP contribution in [-0.2, 0) is 9.53 Å². The number of nitrogens with zero attached hydrogens (tertiary/aromatic N) is 1. The Kier molecular flexibility index (Phi) is 5.65. The number of carbonyl (C=O) groups excluding carboxylic acids is 1. The minimum absolute atomic E-state index is 0.0724. The van der Waals surface area contributed by atoms with Gasteiger partial charge >= 0.3 is 5.97 Å². The normalized spacial score (nSPS) is 13.1. The van der Waals surface area contributed by atoms with Crippen LogP contribution in [0.3, 0.4) is 0 Å². The van der Waals surface area contributed by atoms with Crippen LogP contribution in [0.25, 0.3) is 0 Å². The smallest absolute Gasteiger partial charge is 0.309 e. The standard InChI is InChI=1S/C13H21NO2S/c1-10(2)13(15)16-11(7-8-14(3)4)12-6-5-9-17-12/h5-6,9-11H,7-8H2,1-4H3. The van der Waals surface area contributed by atoms with Crippen LogP contribution in [0.1, 0.15) is 31.2 Å². The van der Waals surface area contributed by atoms with Crippen LogP contribution in [0.5, 0.6) is 0 Å². The predicted molar refractivity (Wildman–Crippen MR) is 71.2 cm³/mol. The highest BCUT2D eigenvalue weighted by Gasteiger charge is 2.19. The Labute approximate surface area is 107 Å². The molecule has 0 N–H and O–H groups in total. The Bertz CT molecular complexity index is 333. The molecule has 0 saturated carbocycles. The van der Waals surface area contributed by atoms with E-state index in [9.17, 15) is 4.79 Å². The van der Waals surface area contributed by atoms with Crippen LogP contribution >= 0.6 is 11.3 Å². The zero-order chi connectivity index (χ0) is 12.8. The molecule has 17 heavy (non-hydrogen) atoms. The molecule has 0 aromatic carbocycles. The van der Waals surface area contributed by atoms with Crippen molar-refractivity contribution in [3.05, 3.63) is 22.4 Å². The van der Waals surface area contributed by atoms with E-state index in [2.05, 4.69) is 4.90 Å². The Morgan fingerprint density at radius 2 is 2.18 bits per heavy atom. The van der Waals surface area contributed by atoms with Crippen molar-refractivity contribution in [1.82, 2.24) is 4.90 Å². The third-order valence-electron chi connectivity index (χ3n) is 2.43. The van der Waals surface area contributed by atoms with E-state index in [1.165, 1.54) is 0 Å². The van der Waals surface area contributed by atoms with Crippen molar-refractivity contribution in [1.29, 1.82) is 0 Å². The highest BCUT2D eigenvalue weighted by atomic mass is 32.1. The van der Waals surface area contributed by atoms with Crippen molar-refractivity contribution >= 4 is 17.3 Å². The van der Waals surface area contributed by atoms with Crippen LogP contribution in [0.4, 0.5) is 0 Å². The van der Waals surface area contributed by atoms with E-state index in [-0.39, 0.29) is 18.0 Å². The van der Waals surface area contributed by atoms with Gasteiger partial charge in [-0.2, -0.15) is 0 Å². The fraction of sp³-hybridized carbons (Fsp3) is 0.615. The lowest BCUT2D eigenvalue weighted by Crippen LogP contribution is -2.20. The molecule has 0 aliphatic rings. The van der Waals surface area contributed by atoms with Crippen molar-refractivity contribution in [3.8, 4) is 0 Å². The van der Waals surface area contributed by atoms with E-state index in [0.29, 0.717) is 0 Å². The number of hydrogen-bond donors (Lipinski definition) is 0. The van der Waals surface area contributed by atoms with Crippen LogP contribution in [0.15, 0.2) is 17.5 Å². The van der Waals surface area contributed by atoms with Gasteiger partial charge in [0.05, 0.1) is 5.92 Å². The summed E-state index contributed by atoms with van der Waals surface area (Å²) >= 11 is 1.64. The van der Waals surface area contributed by atoms with E-state index >= 15 is 0 Å². The summed E-state index contributed by atoms with van der Waals surface area (Å²) in [5.41, 5.74) is 0. The quantitative estimate of drug-likeness (QED) is 0.732. The van der Waals surface area contributed by atoms with Crippen molar-refractivity contribution in [2.75, 3.05) is 20.6 Å². The van der Waals surface area contributed by atoms with E-state index in [0.717, 1.165) is 17.8 Å². The van der Waals surface area contributed by atoms with Gasteiger partial charge in [-0.1, -0.05) is 19.9 Å². The Morgan fingerprint density at radius 3 is 2.65 bits per heavy atom. The maximum atomic E-state index is 11.7. The summed E-state index contributed by atoms with van der Waals surface area (Å²) in [4.78, 5) is 14.9. The Balaban J connectivity index is 2.63. The van der Waals surface area contributed by atoms with Gasteiger partial charge in [0.15, 0.2) is 0 Å². The molecule has 0 fully saturated rings. The summed E-state index contributed by atoms with van der Waals surface area (Å²) in [5.74, 6) is -0.195. The van der Waals surface area contributed by atoms with Gasteiger partial charge in [0.1, 0.15) is 6.10 Å². The molecule has 1 rings (SSSR count). The van der Waals surface area contributed by atoms with E-state index in [4.69, 9.17) is 4.74 Å². The van der Waals surface area contributed by atoms with Gasteiger partial charge in [-0.05, 0) is 25.5 Å². The molecule has 1 aromatic rings. The number of ether oxygens (including phenoxy) is 1. The molecule has 1 atom stereocenters. The second kappa shape index (κ2) is 6.77. The first-order valence-electron chi connectivity index (χ1n) is 5.89. The van der Waals surface area contributed by atoms with Gasteiger partial charge in [0, 0.05) is 17.8 Å². The largest absolute Gasteiger partial charge is 0.456 e. The molecule has 1 unspecified atom stereocenters. The summed E-state index contributed by atoms with van der Waals surface area (Å²) in [6.45, 7) is 4.63. The lowest BCUT2D eigenvalue weighted by Gasteiger charge is -2.20. The second-order valence-electron chi connectivity index (χ2n) is 4.69. The number of esters is 1. The summed E-state index contributed by atoms with van der Waals surface area (Å²) in [7, 11) is 4.05. The molecule has 0 saturated heterocycles.